The average Bonchev–Trinajstić information content (AvgIpc) is 0.991. The van der Waals surface area contributed by atoms with Gasteiger partial charge in [0.05, 0.1) is 56.9 Å². The summed E-state index contributed by atoms with van der Waals surface area (Å²) < 4.78 is 28.8. The van der Waals surface area contributed by atoms with E-state index in [1.165, 1.54) is 65.3 Å². The Bertz CT molecular complexity index is 9200. The highest BCUT2D eigenvalue weighted by atomic mass is 16.3. The van der Waals surface area contributed by atoms with Crippen molar-refractivity contribution in [3.05, 3.63) is 435 Å². The number of nitrogens with zero attached hydrogens (tertiary/aromatic N) is 4. The van der Waals surface area contributed by atoms with Gasteiger partial charge in [-0.2, -0.15) is 0 Å². The van der Waals surface area contributed by atoms with Crippen molar-refractivity contribution in [2.24, 2.45) is 0 Å². The van der Waals surface area contributed by atoms with E-state index in [4.69, 9.17) is 17.7 Å². The summed E-state index contributed by atoms with van der Waals surface area (Å²) in [4.78, 5) is 10.0. The normalized spacial score (nSPS) is 12.6. The molecule has 4 heterocycles. The number of anilines is 12. The number of furan rings is 4. The molecule has 0 fully saturated rings. The van der Waals surface area contributed by atoms with Crippen molar-refractivity contribution in [2.75, 3.05) is 19.6 Å². The number of hydrogen-bond donors (Lipinski definition) is 0. The highest BCUT2D eigenvalue weighted by molar-refractivity contribution is 6.33. The molecule has 0 saturated carbocycles. The molecule has 0 saturated heterocycles. The zero-order valence-corrected chi connectivity index (χ0v) is 76.4. The van der Waals surface area contributed by atoms with E-state index in [-0.39, 0.29) is 23.7 Å². The Kier molecular flexibility index (Phi) is 18.9. The molecular weight excluding hydrogens is 1660 g/mol. The van der Waals surface area contributed by atoms with Gasteiger partial charge in [-0.1, -0.05) is 345 Å². The minimum absolute atomic E-state index is 0.00256. The lowest BCUT2D eigenvalue weighted by molar-refractivity contribution is 0.578. The van der Waals surface area contributed by atoms with Crippen molar-refractivity contribution in [2.45, 2.75) is 78.1 Å². The van der Waals surface area contributed by atoms with Gasteiger partial charge in [0.15, 0.2) is 22.3 Å². The third kappa shape index (κ3) is 12.6. The Balaban J connectivity index is 0.722. The molecule has 8 nitrogen and oxygen atoms in total. The third-order valence-electron chi connectivity index (χ3n) is 29.1. The fraction of sp³-hybridized carbons (Fsp3) is 0.0938. The van der Waals surface area contributed by atoms with Crippen LogP contribution in [0.4, 0.5) is 68.2 Å². The van der Waals surface area contributed by atoms with E-state index in [0.717, 1.165) is 213 Å². The summed E-state index contributed by atoms with van der Waals surface area (Å²) in [6.45, 7) is 14.4. The Hall–Kier alpha value is -16.7. The third-order valence-corrected chi connectivity index (χ3v) is 29.1. The number of benzene rings is 22. The highest BCUT2D eigenvalue weighted by Crippen LogP contribution is 2.59. The molecule has 22 aromatic carbocycles. The maximum Gasteiger partial charge on any atom is 0.159 e. The van der Waals surface area contributed by atoms with Crippen LogP contribution in [0, 0.1) is 0 Å². The number of fused-ring (bicyclic) bond motifs is 12. The van der Waals surface area contributed by atoms with Gasteiger partial charge in [-0.15, -0.1) is 0 Å². The van der Waals surface area contributed by atoms with Gasteiger partial charge in [0.1, 0.15) is 22.3 Å². The van der Waals surface area contributed by atoms with Crippen molar-refractivity contribution in [1.29, 1.82) is 0 Å². The number of hydrogen-bond acceptors (Lipinski definition) is 8. The zero-order valence-electron chi connectivity index (χ0n) is 76.4. The second-order valence-electron chi connectivity index (χ2n) is 37.6. The first-order valence-corrected chi connectivity index (χ1v) is 47.8. The summed E-state index contributed by atoms with van der Waals surface area (Å²) in [5.74, 6) is 0.212. The fourth-order valence-electron chi connectivity index (χ4n) is 22.8. The van der Waals surface area contributed by atoms with Gasteiger partial charge in [-0.05, 0) is 222 Å². The predicted molar refractivity (Wildman–Crippen MR) is 573 cm³/mol. The predicted octanol–water partition coefficient (Wildman–Crippen LogP) is 38.2. The molecule has 4 aromatic heterocycles. The van der Waals surface area contributed by atoms with Crippen LogP contribution < -0.4 is 19.6 Å². The molecule has 0 N–H and O–H groups in total. The topological polar surface area (TPSA) is 65.5 Å². The monoisotopic (exact) mass is 1750 g/mol. The largest absolute Gasteiger partial charge is 0.454 e. The van der Waals surface area contributed by atoms with E-state index in [0.29, 0.717) is 0 Å². The van der Waals surface area contributed by atoms with Gasteiger partial charge < -0.3 is 37.3 Å². The van der Waals surface area contributed by atoms with Crippen LogP contribution in [0.15, 0.2) is 430 Å². The molecule has 0 bridgehead atoms. The molecule has 26 aromatic rings. The van der Waals surface area contributed by atoms with Gasteiger partial charge in [-0.3, -0.25) is 0 Å². The Morgan fingerprint density at radius 2 is 0.419 bits per heavy atom. The van der Waals surface area contributed by atoms with Crippen molar-refractivity contribution in [1.82, 2.24) is 0 Å². The molecule has 0 aliphatic carbocycles. The van der Waals surface area contributed by atoms with Gasteiger partial charge in [0.2, 0.25) is 0 Å². The van der Waals surface area contributed by atoms with Crippen LogP contribution in [-0.2, 0) is 0 Å². The van der Waals surface area contributed by atoms with Gasteiger partial charge in [-0.25, -0.2) is 0 Å². The Morgan fingerprint density at radius 1 is 0.184 bits per heavy atom. The molecule has 8 heteroatoms. The van der Waals surface area contributed by atoms with E-state index < -0.39 is 0 Å². The van der Waals surface area contributed by atoms with E-state index in [1.54, 1.807) is 0 Å². The van der Waals surface area contributed by atoms with Crippen LogP contribution in [0.5, 0.6) is 0 Å². The van der Waals surface area contributed by atoms with E-state index in [2.05, 4.69) is 474 Å². The smallest absolute Gasteiger partial charge is 0.159 e. The molecule has 26 rings (SSSR count). The molecule has 0 aliphatic rings. The Morgan fingerprint density at radius 3 is 0.735 bits per heavy atom. The lowest BCUT2D eigenvalue weighted by Crippen LogP contribution is -2.14. The molecule has 136 heavy (non-hydrogen) atoms. The van der Waals surface area contributed by atoms with Gasteiger partial charge in [0.25, 0.3) is 0 Å². The molecule has 2 atom stereocenters. The maximum absolute atomic E-state index is 7.32. The van der Waals surface area contributed by atoms with Crippen LogP contribution in [0.25, 0.3) is 175 Å². The summed E-state index contributed by atoms with van der Waals surface area (Å²) in [7, 11) is 0. The molecule has 0 aliphatic heterocycles. The van der Waals surface area contributed by atoms with Crippen molar-refractivity contribution in [3.63, 3.8) is 0 Å². The number of rotatable bonds is 21. The molecule has 0 amide bonds. The second-order valence-corrected chi connectivity index (χ2v) is 37.6. The first kappa shape index (κ1) is 80.2. The molecular formula is C128H94N4O4. The molecule has 2 unspecified atom stereocenters. The highest BCUT2D eigenvalue weighted by Gasteiger charge is 2.35. The molecule has 0 spiro atoms. The van der Waals surface area contributed by atoms with Gasteiger partial charge in [0, 0.05) is 87.1 Å². The fourth-order valence-corrected chi connectivity index (χ4v) is 22.8. The van der Waals surface area contributed by atoms with Gasteiger partial charge >= 0.3 is 0 Å². The molecule has 650 valence electrons. The average molecular weight is 1750 g/mol. The minimum atomic E-state index is -0.0231. The second kappa shape index (κ2) is 32.1. The van der Waals surface area contributed by atoms with Crippen LogP contribution in [0.1, 0.15) is 100 Å². The number of para-hydroxylation sites is 12. The van der Waals surface area contributed by atoms with Crippen molar-refractivity contribution >= 4 is 221 Å². The van der Waals surface area contributed by atoms with E-state index in [1.807, 2.05) is 0 Å². The first-order chi connectivity index (χ1) is 67.0. The lowest BCUT2D eigenvalue weighted by Gasteiger charge is -2.33. The van der Waals surface area contributed by atoms with E-state index in [9.17, 15) is 0 Å². The summed E-state index contributed by atoms with van der Waals surface area (Å²) in [6.07, 6.45) is 1.67. The zero-order chi connectivity index (χ0) is 90.7. The van der Waals surface area contributed by atoms with E-state index >= 15 is 0 Å². The SMILES string of the molecule is CC(C)c1cc(N(c2ccccc2)c2cccc3c2oc2ccccc23)c2ccc3c(C(C)CCC(C)c4cc(N(c5ccccc5-c5ccccc5)c5cccc6c5oc5ccccc56)c5ccc6c(C(C)C)cc(N(c7ccccc7-c7ccccc7)c7cccc8c7oc7ccccc78)c7ccc4c5c67)cc(N(c4ccccc4)c4cccc5c4oc4ccccc45)c4ccc1c2c34. The van der Waals surface area contributed by atoms with Crippen LogP contribution in [-0.4, -0.2) is 0 Å². The van der Waals surface area contributed by atoms with Crippen molar-refractivity contribution < 1.29 is 17.7 Å². The summed E-state index contributed by atoms with van der Waals surface area (Å²) in [5.41, 5.74) is 28.4. The van der Waals surface area contributed by atoms with Crippen LogP contribution >= 0.6 is 0 Å². The van der Waals surface area contributed by atoms with Crippen molar-refractivity contribution in [3.8, 4) is 22.3 Å². The van der Waals surface area contributed by atoms with Crippen LogP contribution in [0.3, 0.4) is 0 Å². The Labute approximate surface area is 787 Å². The first-order valence-electron chi connectivity index (χ1n) is 47.8. The van der Waals surface area contributed by atoms with Crippen LogP contribution in [0.2, 0.25) is 0 Å². The minimum Gasteiger partial charge on any atom is -0.454 e. The maximum atomic E-state index is 7.32. The molecule has 0 radical (unpaired) electrons. The summed E-state index contributed by atoms with van der Waals surface area (Å²) in [5, 5.41) is 22.9. The summed E-state index contributed by atoms with van der Waals surface area (Å²) in [6, 6.07) is 152. The lowest BCUT2D eigenvalue weighted by atomic mass is 9.80. The quantitative estimate of drug-likeness (QED) is 0.0660. The summed E-state index contributed by atoms with van der Waals surface area (Å²) >= 11 is 0. The standard InChI is InChI=1S/C128H94N4O4/c1-77(2)103-73-113(129(83-39-15-9-16-40-83)109-55-31-49-95-87-45-21-27-59-117(87)133-125(95)109)99-71-67-93-105(75-114(100-69-65-91(103)121(99)123(93)100)130(84-41-17-10-18-42-84)110-56-32-50-96-88-46-22-28-60-118(88)134-126(96)110)79(5)63-64-80(6)106-76-116(132(108-54-26-20-44-86(108)82-37-13-8-14-38-82)112-58-34-52-98-90-48-24-30-62-120(90)136-128(98)112)102-70-66-92-104(78(3)4)74-115(101-72-68-94(106)124(102)122(92)101)131(107-53-25-19-43-85(107)81-35-11-7-12-36-81)111-57-33-51-97-89-47-23-29-61-119(89)135-127(97)111/h7-62,65-80H,63-64H2,1-6H3.